The molecule has 7 heteroatoms. The molecule has 0 aliphatic heterocycles. The van der Waals surface area contributed by atoms with Crippen molar-refractivity contribution in [2.24, 2.45) is 0 Å². The predicted molar refractivity (Wildman–Crippen MR) is 112 cm³/mol. The van der Waals surface area contributed by atoms with Crippen LogP contribution in [0, 0.1) is 0 Å². The van der Waals surface area contributed by atoms with Crippen molar-refractivity contribution in [3.8, 4) is 11.5 Å². The van der Waals surface area contributed by atoms with Crippen molar-refractivity contribution in [3.05, 3.63) is 64.2 Å². The summed E-state index contributed by atoms with van der Waals surface area (Å²) in [5.41, 5.74) is 0.858. The fraction of sp³-hybridized carbons (Fsp3) is 0.318. The molecule has 1 heterocycles. The number of amides is 1. The Bertz CT molecular complexity index is 1080. The van der Waals surface area contributed by atoms with Gasteiger partial charge in [0.1, 0.15) is 5.82 Å². The number of rotatable bonds is 7. The minimum atomic E-state index is -0.218. The second kappa shape index (κ2) is 8.77. The molecule has 0 saturated carbocycles. The average Bonchev–Trinajstić information content (AvgIpc) is 2.72. The smallest absolute Gasteiger partial charge is 0.258 e. The zero-order valence-electron chi connectivity index (χ0n) is 17.1. The highest BCUT2D eigenvalue weighted by molar-refractivity contribution is 5.95. The molecule has 0 radical (unpaired) electrons. The summed E-state index contributed by atoms with van der Waals surface area (Å²) in [6.45, 7) is 6.41. The monoisotopic (exact) mass is 395 g/mol. The van der Waals surface area contributed by atoms with Crippen LogP contribution in [0.15, 0.2) is 47.3 Å². The lowest BCUT2D eigenvalue weighted by atomic mass is 10.1. The van der Waals surface area contributed by atoms with Gasteiger partial charge in [-0.25, -0.2) is 4.98 Å². The van der Waals surface area contributed by atoms with E-state index in [1.54, 1.807) is 41.3 Å². The molecule has 0 aliphatic rings. The van der Waals surface area contributed by atoms with Gasteiger partial charge < -0.3 is 19.4 Å². The van der Waals surface area contributed by atoms with Gasteiger partial charge in [-0.2, -0.15) is 0 Å². The maximum absolute atomic E-state index is 13.2. The van der Waals surface area contributed by atoms with Crippen molar-refractivity contribution in [1.82, 2.24) is 14.9 Å². The number of fused-ring (bicyclic) bond motifs is 1. The van der Waals surface area contributed by atoms with Gasteiger partial charge in [-0.05, 0) is 51.1 Å². The van der Waals surface area contributed by atoms with Crippen LogP contribution in [0.25, 0.3) is 10.9 Å². The predicted octanol–water partition coefficient (Wildman–Crippen LogP) is 3.38. The van der Waals surface area contributed by atoms with Crippen LogP contribution in [-0.4, -0.2) is 40.5 Å². The lowest BCUT2D eigenvalue weighted by molar-refractivity contribution is 0.0684. The van der Waals surface area contributed by atoms with Crippen LogP contribution in [0.5, 0.6) is 11.5 Å². The minimum Gasteiger partial charge on any atom is -0.493 e. The number of aromatic nitrogens is 2. The summed E-state index contributed by atoms with van der Waals surface area (Å²) in [4.78, 5) is 34.5. The number of benzene rings is 2. The van der Waals surface area contributed by atoms with E-state index in [0.29, 0.717) is 40.4 Å². The topological polar surface area (TPSA) is 84.5 Å². The van der Waals surface area contributed by atoms with Crippen LogP contribution in [0.2, 0.25) is 0 Å². The van der Waals surface area contributed by atoms with Gasteiger partial charge in [0, 0.05) is 11.6 Å². The van der Waals surface area contributed by atoms with Gasteiger partial charge in [-0.15, -0.1) is 0 Å². The molecule has 1 amide bonds. The first-order chi connectivity index (χ1) is 13.9. The molecule has 0 aliphatic carbocycles. The first-order valence-corrected chi connectivity index (χ1v) is 9.54. The molecule has 0 bridgehead atoms. The molecule has 1 aromatic heterocycles. The van der Waals surface area contributed by atoms with E-state index >= 15 is 0 Å². The van der Waals surface area contributed by atoms with E-state index in [0.717, 1.165) is 0 Å². The Hall–Kier alpha value is -3.35. The van der Waals surface area contributed by atoms with E-state index in [1.165, 1.54) is 7.11 Å². The number of carbonyl (C=O) groups excluding carboxylic acids is 1. The zero-order valence-corrected chi connectivity index (χ0v) is 17.1. The third kappa shape index (κ3) is 4.39. The first kappa shape index (κ1) is 20.4. The Morgan fingerprint density at radius 2 is 1.93 bits per heavy atom. The third-order valence-corrected chi connectivity index (χ3v) is 4.58. The standard InChI is InChI=1S/C22H25N3O4/c1-5-29-18-11-10-15(12-19(18)28-4)22(27)25(14(2)3)13-20-23-17-9-7-6-8-16(17)21(26)24-20/h6-12,14H,5,13H2,1-4H3,(H,23,24,26). The molecule has 29 heavy (non-hydrogen) atoms. The Balaban J connectivity index is 1.92. The molecule has 0 fully saturated rings. The highest BCUT2D eigenvalue weighted by atomic mass is 16.5. The summed E-state index contributed by atoms with van der Waals surface area (Å²) in [7, 11) is 1.54. The van der Waals surface area contributed by atoms with Crippen molar-refractivity contribution in [2.45, 2.75) is 33.4 Å². The molecule has 152 valence electrons. The van der Waals surface area contributed by atoms with Gasteiger partial charge in [0.15, 0.2) is 11.5 Å². The van der Waals surface area contributed by atoms with E-state index in [9.17, 15) is 9.59 Å². The second-order valence-corrected chi connectivity index (χ2v) is 6.86. The van der Waals surface area contributed by atoms with Crippen LogP contribution in [0.3, 0.4) is 0 Å². The van der Waals surface area contributed by atoms with Crippen molar-refractivity contribution < 1.29 is 14.3 Å². The molecule has 0 atom stereocenters. The summed E-state index contributed by atoms with van der Waals surface area (Å²) >= 11 is 0. The number of hydrogen-bond donors (Lipinski definition) is 1. The van der Waals surface area contributed by atoms with Crippen molar-refractivity contribution in [1.29, 1.82) is 0 Å². The Morgan fingerprint density at radius 1 is 1.17 bits per heavy atom. The molecule has 0 saturated heterocycles. The Morgan fingerprint density at radius 3 is 2.62 bits per heavy atom. The lowest BCUT2D eigenvalue weighted by Crippen LogP contribution is -2.37. The molecule has 0 spiro atoms. The largest absolute Gasteiger partial charge is 0.493 e. The summed E-state index contributed by atoms with van der Waals surface area (Å²) in [6.07, 6.45) is 0. The molecule has 1 N–H and O–H groups in total. The minimum absolute atomic E-state index is 0.100. The van der Waals surface area contributed by atoms with Crippen molar-refractivity contribution in [3.63, 3.8) is 0 Å². The zero-order chi connectivity index (χ0) is 21.0. The van der Waals surface area contributed by atoms with Gasteiger partial charge >= 0.3 is 0 Å². The number of aromatic amines is 1. The van der Waals surface area contributed by atoms with E-state index < -0.39 is 0 Å². The van der Waals surface area contributed by atoms with E-state index in [4.69, 9.17) is 9.47 Å². The SMILES string of the molecule is CCOc1ccc(C(=O)N(Cc2nc3ccccc3c(=O)[nH]2)C(C)C)cc1OC. The van der Waals surface area contributed by atoms with E-state index in [-0.39, 0.29) is 24.1 Å². The van der Waals surface area contributed by atoms with Crippen molar-refractivity contribution >= 4 is 16.8 Å². The highest BCUT2D eigenvalue weighted by Gasteiger charge is 2.22. The molecular formula is C22H25N3O4. The number of para-hydroxylation sites is 1. The summed E-state index contributed by atoms with van der Waals surface area (Å²) in [6, 6.07) is 12.1. The average molecular weight is 395 g/mol. The number of nitrogens with one attached hydrogen (secondary N) is 1. The molecular weight excluding hydrogens is 370 g/mol. The first-order valence-electron chi connectivity index (χ1n) is 9.54. The maximum Gasteiger partial charge on any atom is 0.258 e. The van der Waals surface area contributed by atoms with Gasteiger partial charge in [0.2, 0.25) is 0 Å². The van der Waals surface area contributed by atoms with Gasteiger partial charge in [-0.3, -0.25) is 9.59 Å². The fourth-order valence-electron chi connectivity index (χ4n) is 3.10. The number of carbonyl (C=O) groups is 1. The van der Waals surface area contributed by atoms with Crippen LogP contribution in [0.1, 0.15) is 37.0 Å². The summed E-state index contributed by atoms with van der Waals surface area (Å²) in [5.74, 6) is 1.34. The van der Waals surface area contributed by atoms with Crippen LogP contribution in [0.4, 0.5) is 0 Å². The Labute approximate surface area is 169 Å². The van der Waals surface area contributed by atoms with Crippen LogP contribution in [-0.2, 0) is 6.54 Å². The van der Waals surface area contributed by atoms with Crippen LogP contribution >= 0.6 is 0 Å². The van der Waals surface area contributed by atoms with Gasteiger partial charge in [-0.1, -0.05) is 12.1 Å². The number of H-pyrrole nitrogens is 1. The van der Waals surface area contributed by atoms with E-state index in [2.05, 4.69) is 9.97 Å². The number of hydrogen-bond acceptors (Lipinski definition) is 5. The van der Waals surface area contributed by atoms with Gasteiger partial charge in [0.25, 0.3) is 11.5 Å². The maximum atomic E-state index is 13.2. The fourth-order valence-corrected chi connectivity index (χ4v) is 3.10. The number of methoxy groups -OCH3 is 1. The normalized spacial score (nSPS) is 10.9. The molecule has 7 nitrogen and oxygen atoms in total. The molecule has 0 unspecified atom stereocenters. The van der Waals surface area contributed by atoms with Crippen LogP contribution < -0.4 is 15.0 Å². The van der Waals surface area contributed by atoms with Gasteiger partial charge in [0.05, 0.1) is 31.2 Å². The summed E-state index contributed by atoms with van der Waals surface area (Å²) < 4.78 is 10.9. The van der Waals surface area contributed by atoms with Crippen molar-refractivity contribution in [2.75, 3.05) is 13.7 Å². The van der Waals surface area contributed by atoms with E-state index in [1.807, 2.05) is 26.8 Å². The molecule has 3 rings (SSSR count). The lowest BCUT2D eigenvalue weighted by Gasteiger charge is -2.26. The molecule has 3 aromatic rings. The number of nitrogens with zero attached hydrogens (tertiary/aromatic N) is 2. The highest BCUT2D eigenvalue weighted by Crippen LogP contribution is 2.29. The summed E-state index contributed by atoms with van der Waals surface area (Å²) in [5, 5.41) is 0.523. The molecule has 2 aromatic carbocycles. The second-order valence-electron chi connectivity index (χ2n) is 6.86. The quantitative estimate of drug-likeness (QED) is 0.663. The Kier molecular flexibility index (Phi) is 6.16. The number of ether oxygens (including phenoxy) is 2. The third-order valence-electron chi connectivity index (χ3n) is 4.58.